The van der Waals surface area contributed by atoms with Gasteiger partial charge in [-0.2, -0.15) is 0 Å². The molecule has 0 amide bonds. The summed E-state index contributed by atoms with van der Waals surface area (Å²) >= 11 is 0. The molecule has 0 saturated carbocycles. The molecule has 0 bridgehead atoms. The lowest BCUT2D eigenvalue weighted by Gasteiger charge is -2.46. The average molecular weight is 268 g/mol. The fourth-order valence-corrected chi connectivity index (χ4v) is 3.01. The Morgan fingerprint density at radius 1 is 1.00 bits per heavy atom. The van der Waals surface area contributed by atoms with Crippen molar-refractivity contribution in [1.82, 2.24) is 10.2 Å². The molecule has 2 nitrogen and oxygen atoms in total. The summed E-state index contributed by atoms with van der Waals surface area (Å²) in [5.41, 5.74) is 0.341. The second kappa shape index (κ2) is 8.97. The van der Waals surface area contributed by atoms with E-state index in [0.717, 1.165) is 6.54 Å². The van der Waals surface area contributed by atoms with Gasteiger partial charge in [-0.1, -0.05) is 52.4 Å². The molecule has 2 heteroatoms. The minimum atomic E-state index is 0.341. The highest BCUT2D eigenvalue weighted by Crippen LogP contribution is 2.20. The van der Waals surface area contributed by atoms with E-state index in [1.807, 2.05) is 0 Å². The molecule has 1 aliphatic heterocycles. The number of nitrogens with zero attached hydrogens (tertiary/aromatic N) is 1. The molecular formula is C17H36N2. The summed E-state index contributed by atoms with van der Waals surface area (Å²) in [6, 6.07) is 0.706. The quantitative estimate of drug-likeness (QED) is 0.631. The molecule has 1 aliphatic rings. The van der Waals surface area contributed by atoms with Crippen LogP contribution in [0.5, 0.6) is 0 Å². The zero-order chi connectivity index (χ0) is 14.1. The van der Waals surface area contributed by atoms with Gasteiger partial charge in [0.2, 0.25) is 0 Å². The summed E-state index contributed by atoms with van der Waals surface area (Å²) in [5.74, 6) is 0. The molecule has 1 N–H and O–H groups in total. The molecule has 0 radical (unpaired) electrons. The Hall–Kier alpha value is -0.0800. The molecule has 1 atom stereocenters. The third-order valence-electron chi connectivity index (χ3n) is 4.64. The van der Waals surface area contributed by atoms with Crippen molar-refractivity contribution in [1.29, 1.82) is 0 Å². The molecule has 0 aromatic rings. The number of unbranched alkanes of at least 4 members (excludes halogenated alkanes) is 6. The zero-order valence-electron chi connectivity index (χ0n) is 13.8. The topological polar surface area (TPSA) is 15.3 Å². The first kappa shape index (κ1) is 17.0. The van der Waals surface area contributed by atoms with Crippen LogP contribution in [0.3, 0.4) is 0 Å². The SMILES string of the molecule is CCCCCCCCCN1CC(CC)NCC1(C)C. The highest BCUT2D eigenvalue weighted by molar-refractivity contribution is 4.92. The van der Waals surface area contributed by atoms with Crippen molar-refractivity contribution < 1.29 is 0 Å². The van der Waals surface area contributed by atoms with Crippen LogP contribution in [0, 0.1) is 0 Å². The minimum absolute atomic E-state index is 0.341. The van der Waals surface area contributed by atoms with Gasteiger partial charge in [-0.3, -0.25) is 4.90 Å². The second-order valence-electron chi connectivity index (χ2n) is 6.87. The Bertz CT molecular complexity index is 225. The Balaban J connectivity index is 2.15. The summed E-state index contributed by atoms with van der Waals surface area (Å²) < 4.78 is 0. The van der Waals surface area contributed by atoms with Crippen molar-refractivity contribution in [3.8, 4) is 0 Å². The summed E-state index contributed by atoms with van der Waals surface area (Å²) in [6.07, 6.45) is 11.1. The van der Waals surface area contributed by atoms with Gasteiger partial charge >= 0.3 is 0 Å². The highest BCUT2D eigenvalue weighted by atomic mass is 15.3. The standard InChI is InChI=1S/C17H36N2/c1-5-7-8-9-10-11-12-13-19-14-16(6-2)18-15-17(19,3)4/h16,18H,5-15H2,1-4H3. The number of piperazine rings is 1. The van der Waals surface area contributed by atoms with E-state index in [1.165, 1.54) is 64.5 Å². The van der Waals surface area contributed by atoms with E-state index >= 15 is 0 Å². The molecule has 114 valence electrons. The molecule has 0 aromatic heterocycles. The van der Waals surface area contributed by atoms with Crippen LogP contribution in [-0.4, -0.2) is 36.1 Å². The van der Waals surface area contributed by atoms with E-state index in [1.54, 1.807) is 0 Å². The Morgan fingerprint density at radius 2 is 1.63 bits per heavy atom. The maximum absolute atomic E-state index is 3.67. The van der Waals surface area contributed by atoms with Crippen LogP contribution >= 0.6 is 0 Å². The van der Waals surface area contributed by atoms with Gasteiger partial charge in [-0.25, -0.2) is 0 Å². The van der Waals surface area contributed by atoms with Crippen molar-refractivity contribution >= 4 is 0 Å². The lowest BCUT2D eigenvalue weighted by Crippen LogP contribution is -2.61. The van der Waals surface area contributed by atoms with E-state index in [9.17, 15) is 0 Å². The molecular weight excluding hydrogens is 232 g/mol. The van der Waals surface area contributed by atoms with E-state index in [2.05, 4.69) is 37.9 Å². The average Bonchev–Trinajstić information content (AvgIpc) is 2.39. The van der Waals surface area contributed by atoms with Crippen LogP contribution < -0.4 is 5.32 Å². The normalized spacial score (nSPS) is 23.7. The number of hydrogen-bond acceptors (Lipinski definition) is 2. The largest absolute Gasteiger partial charge is 0.311 e. The van der Waals surface area contributed by atoms with E-state index in [4.69, 9.17) is 0 Å². The van der Waals surface area contributed by atoms with E-state index in [-0.39, 0.29) is 0 Å². The number of hydrogen-bond donors (Lipinski definition) is 1. The van der Waals surface area contributed by atoms with Crippen molar-refractivity contribution in [2.24, 2.45) is 0 Å². The number of nitrogens with one attached hydrogen (secondary N) is 1. The molecule has 0 aromatic carbocycles. The maximum Gasteiger partial charge on any atom is 0.0278 e. The smallest absolute Gasteiger partial charge is 0.0278 e. The predicted molar refractivity (Wildman–Crippen MR) is 85.7 cm³/mol. The van der Waals surface area contributed by atoms with Gasteiger partial charge in [0.15, 0.2) is 0 Å². The Kier molecular flexibility index (Phi) is 8.01. The van der Waals surface area contributed by atoms with E-state index < -0.39 is 0 Å². The number of rotatable bonds is 9. The fraction of sp³-hybridized carbons (Fsp3) is 1.00. The summed E-state index contributed by atoms with van der Waals surface area (Å²) in [6.45, 7) is 13.0. The summed E-state index contributed by atoms with van der Waals surface area (Å²) in [4.78, 5) is 2.71. The van der Waals surface area contributed by atoms with Crippen LogP contribution in [0.15, 0.2) is 0 Å². The van der Waals surface area contributed by atoms with Gasteiger partial charge in [0.25, 0.3) is 0 Å². The molecule has 1 heterocycles. The van der Waals surface area contributed by atoms with Gasteiger partial charge in [-0.05, 0) is 33.2 Å². The van der Waals surface area contributed by atoms with Crippen LogP contribution in [0.25, 0.3) is 0 Å². The molecule has 19 heavy (non-hydrogen) atoms. The predicted octanol–water partition coefficient (Wildman–Crippen LogP) is 4.20. The third-order valence-corrected chi connectivity index (χ3v) is 4.64. The van der Waals surface area contributed by atoms with Crippen molar-refractivity contribution in [3.63, 3.8) is 0 Å². The van der Waals surface area contributed by atoms with E-state index in [0.29, 0.717) is 11.6 Å². The first-order valence-corrected chi connectivity index (χ1v) is 8.58. The molecule has 1 saturated heterocycles. The molecule has 0 aliphatic carbocycles. The van der Waals surface area contributed by atoms with Crippen molar-refractivity contribution in [2.45, 2.75) is 90.6 Å². The van der Waals surface area contributed by atoms with Gasteiger partial charge in [0.05, 0.1) is 0 Å². The first-order chi connectivity index (χ1) is 9.10. The first-order valence-electron chi connectivity index (χ1n) is 8.58. The molecule has 1 unspecified atom stereocenters. The summed E-state index contributed by atoms with van der Waals surface area (Å²) in [5, 5.41) is 3.67. The van der Waals surface area contributed by atoms with Gasteiger partial charge in [-0.15, -0.1) is 0 Å². The second-order valence-corrected chi connectivity index (χ2v) is 6.87. The van der Waals surface area contributed by atoms with Crippen LogP contribution in [0.2, 0.25) is 0 Å². The molecule has 1 rings (SSSR count). The fourth-order valence-electron chi connectivity index (χ4n) is 3.01. The van der Waals surface area contributed by atoms with Crippen LogP contribution in [0.1, 0.15) is 79.1 Å². The van der Waals surface area contributed by atoms with Gasteiger partial charge < -0.3 is 5.32 Å². The van der Waals surface area contributed by atoms with Crippen LogP contribution in [0.4, 0.5) is 0 Å². The van der Waals surface area contributed by atoms with Crippen molar-refractivity contribution in [3.05, 3.63) is 0 Å². The summed E-state index contributed by atoms with van der Waals surface area (Å²) in [7, 11) is 0. The lowest BCUT2D eigenvalue weighted by atomic mass is 9.96. The molecule has 0 spiro atoms. The lowest BCUT2D eigenvalue weighted by molar-refractivity contribution is 0.0634. The van der Waals surface area contributed by atoms with Gasteiger partial charge in [0, 0.05) is 24.7 Å². The van der Waals surface area contributed by atoms with Crippen molar-refractivity contribution in [2.75, 3.05) is 19.6 Å². The maximum atomic E-state index is 3.67. The zero-order valence-corrected chi connectivity index (χ0v) is 13.8. The van der Waals surface area contributed by atoms with Crippen LogP contribution in [-0.2, 0) is 0 Å². The minimum Gasteiger partial charge on any atom is -0.311 e. The highest BCUT2D eigenvalue weighted by Gasteiger charge is 2.32. The molecule has 1 fully saturated rings. The van der Waals surface area contributed by atoms with Gasteiger partial charge in [0.1, 0.15) is 0 Å². The third kappa shape index (κ3) is 6.27. The Morgan fingerprint density at radius 3 is 2.26 bits per heavy atom. The monoisotopic (exact) mass is 268 g/mol. The Labute approximate surface area is 121 Å².